The van der Waals surface area contributed by atoms with Gasteiger partial charge in [-0.25, -0.2) is 4.79 Å². The lowest BCUT2D eigenvalue weighted by Gasteiger charge is -2.36. The van der Waals surface area contributed by atoms with Crippen LogP contribution < -0.4 is 0 Å². The summed E-state index contributed by atoms with van der Waals surface area (Å²) in [6.45, 7) is 1.41. The van der Waals surface area contributed by atoms with Crippen LogP contribution in [-0.2, 0) is 11.2 Å². The summed E-state index contributed by atoms with van der Waals surface area (Å²) in [5.41, 5.74) is 0.336. The topological polar surface area (TPSA) is 77.8 Å². The molecule has 24 heavy (non-hydrogen) atoms. The first-order valence-electron chi connectivity index (χ1n) is 8.82. The normalized spacial score (nSPS) is 21.0. The van der Waals surface area contributed by atoms with Gasteiger partial charge in [0.2, 0.25) is 0 Å². The summed E-state index contributed by atoms with van der Waals surface area (Å²) in [5.74, 6) is -0.481. The number of nitrogens with zero attached hydrogens (tertiary/aromatic N) is 1. The minimum Gasteiger partial charge on any atom is -0.478 e. The first kappa shape index (κ1) is 17.0. The van der Waals surface area contributed by atoms with Crippen LogP contribution in [0.25, 0.3) is 0 Å². The highest BCUT2D eigenvalue weighted by molar-refractivity contribution is 5.87. The molecule has 1 saturated carbocycles. The number of carboxylic acid groups (broad SMARTS) is 1. The molecule has 5 heteroatoms. The molecular weight excluding hydrogens is 306 g/mol. The third kappa shape index (κ3) is 3.61. The highest BCUT2D eigenvalue weighted by Crippen LogP contribution is 2.33. The van der Waals surface area contributed by atoms with Gasteiger partial charge in [-0.2, -0.15) is 0 Å². The Morgan fingerprint density at radius 3 is 2.21 bits per heavy atom. The maximum atomic E-state index is 12.5. The Bertz CT molecular complexity index is 596. The summed E-state index contributed by atoms with van der Waals surface area (Å²) in [7, 11) is 0. The number of carbonyl (C=O) groups excluding carboxylic acids is 1. The highest BCUT2D eigenvalue weighted by atomic mass is 16.4. The van der Waals surface area contributed by atoms with Crippen LogP contribution in [0.2, 0.25) is 0 Å². The summed E-state index contributed by atoms with van der Waals surface area (Å²) in [6, 6.07) is 7.04. The van der Waals surface area contributed by atoms with E-state index in [4.69, 9.17) is 5.11 Å². The predicted octanol–water partition coefficient (Wildman–Crippen LogP) is 2.47. The van der Waals surface area contributed by atoms with E-state index in [1.165, 1.54) is 0 Å². The first-order chi connectivity index (χ1) is 11.5. The molecule has 0 unspecified atom stereocenters. The average molecular weight is 331 g/mol. The third-order valence-electron chi connectivity index (χ3n) is 5.46. The summed E-state index contributed by atoms with van der Waals surface area (Å²) < 4.78 is 0. The van der Waals surface area contributed by atoms with Crippen molar-refractivity contribution >= 4 is 11.9 Å². The monoisotopic (exact) mass is 331 g/mol. The zero-order valence-electron chi connectivity index (χ0n) is 13.9. The molecule has 0 radical (unpaired) electrons. The molecule has 0 aromatic heterocycles. The number of piperidine rings is 1. The number of aliphatic hydroxyl groups is 1. The molecule has 1 aliphatic carbocycles. The maximum absolute atomic E-state index is 12.5. The van der Waals surface area contributed by atoms with Crippen LogP contribution in [0.4, 0.5) is 0 Å². The molecule has 1 saturated heterocycles. The average Bonchev–Trinajstić information content (AvgIpc) is 3.03. The number of hydrogen-bond acceptors (Lipinski definition) is 3. The van der Waals surface area contributed by atoms with Crippen molar-refractivity contribution in [2.24, 2.45) is 5.92 Å². The molecule has 1 aromatic carbocycles. The van der Waals surface area contributed by atoms with E-state index in [2.05, 4.69) is 0 Å². The molecule has 0 atom stereocenters. The minimum absolute atomic E-state index is 0.0794. The van der Waals surface area contributed by atoms with E-state index in [0.717, 1.165) is 37.7 Å². The molecule has 1 aliphatic heterocycles. The molecule has 0 bridgehead atoms. The number of rotatable bonds is 4. The van der Waals surface area contributed by atoms with Crippen molar-refractivity contribution < 1.29 is 19.8 Å². The Hall–Kier alpha value is -1.88. The van der Waals surface area contributed by atoms with Crippen LogP contribution in [0.3, 0.4) is 0 Å². The van der Waals surface area contributed by atoms with Crippen molar-refractivity contribution in [1.82, 2.24) is 4.90 Å². The predicted molar refractivity (Wildman–Crippen MR) is 89.8 cm³/mol. The molecule has 0 spiro atoms. The molecule has 1 aromatic rings. The third-order valence-corrected chi connectivity index (χ3v) is 5.46. The van der Waals surface area contributed by atoms with Gasteiger partial charge in [-0.1, -0.05) is 12.1 Å². The van der Waals surface area contributed by atoms with E-state index in [1.807, 2.05) is 17.0 Å². The molecule has 2 fully saturated rings. The minimum atomic E-state index is -1.11. The van der Waals surface area contributed by atoms with E-state index in [-0.39, 0.29) is 5.91 Å². The van der Waals surface area contributed by atoms with Crippen molar-refractivity contribution in [3.05, 3.63) is 35.4 Å². The van der Waals surface area contributed by atoms with E-state index < -0.39 is 11.6 Å². The fourth-order valence-corrected chi connectivity index (χ4v) is 3.92. The lowest BCUT2D eigenvalue weighted by Crippen LogP contribution is -2.50. The first-order valence-corrected chi connectivity index (χ1v) is 8.82. The Morgan fingerprint density at radius 1 is 1.08 bits per heavy atom. The van der Waals surface area contributed by atoms with Crippen molar-refractivity contribution in [3.63, 3.8) is 0 Å². The standard InChI is InChI=1S/C19H25NO4/c21-17(22)16-5-3-14(4-6-16)13-15-7-11-20(12-8-15)18(23)19(24)9-1-2-10-19/h3-6,15,24H,1-2,7-13H2,(H,21,22). The van der Waals surface area contributed by atoms with Crippen molar-refractivity contribution in [1.29, 1.82) is 0 Å². The second kappa shape index (κ2) is 6.93. The molecular formula is C19H25NO4. The second-order valence-corrected chi connectivity index (χ2v) is 7.18. The van der Waals surface area contributed by atoms with Crippen LogP contribution in [0.1, 0.15) is 54.4 Å². The number of amides is 1. The van der Waals surface area contributed by atoms with Crippen molar-refractivity contribution in [2.75, 3.05) is 13.1 Å². The van der Waals surface area contributed by atoms with E-state index >= 15 is 0 Å². The fraction of sp³-hybridized carbons (Fsp3) is 0.579. The van der Waals surface area contributed by atoms with Gasteiger partial charge < -0.3 is 15.1 Å². The summed E-state index contributed by atoms with van der Waals surface area (Å²) in [4.78, 5) is 25.2. The molecule has 130 valence electrons. The SMILES string of the molecule is O=C(O)c1ccc(CC2CCN(C(=O)C3(O)CCCC3)CC2)cc1. The number of aromatic carboxylic acids is 1. The van der Waals surface area contributed by atoms with E-state index in [1.54, 1.807) is 12.1 Å². The smallest absolute Gasteiger partial charge is 0.335 e. The van der Waals surface area contributed by atoms with Gasteiger partial charge >= 0.3 is 5.97 Å². The van der Waals surface area contributed by atoms with Gasteiger partial charge in [0, 0.05) is 13.1 Å². The van der Waals surface area contributed by atoms with Gasteiger partial charge in [-0.15, -0.1) is 0 Å². The summed E-state index contributed by atoms with van der Waals surface area (Å²) in [5, 5.41) is 19.4. The Kier molecular flexibility index (Phi) is 4.90. The van der Waals surface area contributed by atoms with Crippen LogP contribution in [0.15, 0.2) is 24.3 Å². The molecule has 1 heterocycles. The lowest BCUT2D eigenvalue weighted by atomic mass is 9.89. The molecule has 1 amide bonds. The summed E-state index contributed by atoms with van der Waals surface area (Å²) >= 11 is 0. The Morgan fingerprint density at radius 2 is 1.67 bits per heavy atom. The number of carbonyl (C=O) groups is 2. The quantitative estimate of drug-likeness (QED) is 0.888. The van der Waals surface area contributed by atoms with E-state index in [0.29, 0.717) is 37.4 Å². The van der Waals surface area contributed by atoms with Gasteiger partial charge in [-0.3, -0.25) is 4.79 Å². The molecule has 5 nitrogen and oxygen atoms in total. The number of likely N-dealkylation sites (tertiary alicyclic amines) is 1. The largest absolute Gasteiger partial charge is 0.478 e. The van der Waals surface area contributed by atoms with Gasteiger partial charge in [0.1, 0.15) is 5.60 Å². The molecule has 3 rings (SSSR count). The number of benzene rings is 1. The zero-order valence-corrected chi connectivity index (χ0v) is 13.9. The second-order valence-electron chi connectivity index (χ2n) is 7.18. The fourth-order valence-electron chi connectivity index (χ4n) is 3.92. The zero-order chi connectivity index (χ0) is 17.2. The number of carboxylic acids is 1. The Balaban J connectivity index is 1.51. The van der Waals surface area contributed by atoms with Crippen molar-refractivity contribution in [3.8, 4) is 0 Å². The van der Waals surface area contributed by atoms with E-state index in [9.17, 15) is 14.7 Å². The lowest BCUT2D eigenvalue weighted by molar-refractivity contribution is -0.152. The van der Waals surface area contributed by atoms with Gasteiger partial charge in [0.05, 0.1) is 5.56 Å². The van der Waals surface area contributed by atoms with Gasteiger partial charge in [0.25, 0.3) is 5.91 Å². The van der Waals surface area contributed by atoms with Gasteiger partial charge in [-0.05, 0) is 68.6 Å². The van der Waals surface area contributed by atoms with Crippen LogP contribution in [0.5, 0.6) is 0 Å². The van der Waals surface area contributed by atoms with Crippen molar-refractivity contribution in [2.45, 2.75) is 50.5 Å². The highest BCUT2D eigenvalue weighted by Gasteiger charge is 2.42. The molecule has 2 N–H and O–H groups in total. The van der Waals surface area contributed by atoms with Crippen LogP contribution in [-0.4, -0.2) is 45.7 Å². The Labute approximate surface area is 142 Å². The summed E-state index contributed by atoms with van der Waals surface area (Å²) in [6.07, 6.45) is 5.84. The van der Waals surface area contributed by atoms with Crippen LogP contribution in [0, 0.1) is 5.92 Å². The van der Waals surface area contributed by atoms with Crippen LogP contribution >= 0.6 is 0 Å². The molecule has 2 aliphatic rings. The number of hydrogen-bond donors (Lipinski definition) is 2. The maximum Gasteiger partial charge on any atom is 0.335 e. The van der Waals surface area contributed by atoms with Gasteiger partial charge in [0.15, 0.2) is 0 Å².